The summed E-state index contributed by atoms with van der Waals surface area (Å²) < 4.78 is 1.97. The second-order valence-electron chi connectivity index (χ2n) is 5.16. The Bertz CT molecular complexity index is 595. The maximum absolute atomic E-state index is 5.92. The van der Waals surface area contributed by atoms with Crippen LogP contribution in [0.2, 0.25) is 0 Å². The highest BCUT2D eigenvalue weighted by Gasteiger charge is 2.14. The van der Waals surface area contributed by atoms with Gasteiger partial charge >= 0.3 is 0 Å². The van der Waals surface area contributed by atoms with Gasteiger partial charge in [-0.1, -0.05) is 29.8 Å². The normalized spacial score (nSPS) is 20.1. The number of nitrogens with zero attached hydrogens (tertiary/aromatic N) is 2. The van der Waals surface area contributed by atoms with E-state index in [4.69, 9.17) is 5.73 Å². The lowest BCUT2D eigenvalue weighted by Crippen LogP contribution is -2.22. The number of allylic oxidation sites excluding steroid dienone is 1. The molecule has 1 aromatic carbocycles. The van der Waals surface area contributed by atoms with Crippen LogP contribution in [0, 0.1) is 0 Å². The van der Waals surface area contributed by atoms with Gasteiger partial charge in [0, 0.05) is 24.9 Å². The summed E-state index contributed by atoms with van der Waals surface area (Å²) in [4.78, 5) is 0. The third-order valence-electron chi connectivity index (χ3n) is 3.77. The van der Waals surface area contributed by atoms with Crippen LogP contribution < -0.4 is 5.73 Å². The zero-order chi connectivity index (χ0) is 12.5. The SMILES string of the molecule is Cn1nc(CC2=CCC(N)CC2)c2ccccc21. The Balaban J connectivity index is 1.91. The fourth-order valence-corrected chi connectivity index (χ4v) is 2.70. The average Bonchev–Trinajstić information content (AvgIpc) is 2.70. The Hall–Kier alpha value is -1.61. The molecule has 1 aliphatic rings. The molecule has 3 heteroatoms. The van der Waals surface area contributed by atoms with Crippen molar-refractivity contribution in [3.05, 3.63) is 41.6 Å². The fraction of sp³-hybridized carbons (Fsp3) is 0.400. The number of fused-ring (bicyclic) bond motifs is 1. The van der Waals surface area contributed by atoms with Crippen LogP contribution in [0.25, 0.3) is 10.9 Å². The van der Waals surface area contributed by atoms with Crippen molar-refractivity contribution in [2.45, 2.75) is 31.7 Å². The quantitative estimate of drug-likeness (QED) is 0.821. The van der Waals surface area contributed by atoms with Crippen molar-refractivity contribution in [1.29, 1.82) is 0 Å². The first-order valence-corrected chi connectivity index (χ1v) is 6.58. The summed E-state index contributed by atoms with van der Waals surface area (Å²) in [5.41, 5.74) is 9.81. The van der Waals surface area contributed by atoms with E-state index in [1.165, 1.54) is 22.2 Å². The summed E-state index contributed by atoms with van der Waals surface area (Å²) in [6, 6.07) is 8.78. The van der Waals surface area contributed by atoms with E-state index >= 15 is 0 Å². The third kappa shape index (κ3) is 2.06. The highest BCUT2D eigenvalue weighted by molar-refractivity contribution is 5.82. The fourth-order valence-electron chi connectivity index (χ4n) is 2.70. The summed E-state index contributed by atoms with van der Waals surface area (Å²) in [6.45, 7) is 0. The third-order valence-corrected chi connectivity index (χ3v) is 3.77. The van der Waals surface area contributed by atoms with Crippen molar-refractivity contribution in [3.8, 4) is 0 Å². The largest absolute Gasteiger partial charge is 0.327 e. The van der Waals surface area contributed by atoms with Gasteiger partial charge < -0.3 is 5.73 Å². The van der Waals surface area contributed by atoms with E-state index in [-0.39, 0.29) is 0 Å². The minimum atomic E-state index is 0.356. The number of para-hydroxylation sites is 1. The predicted molar refractivity (Wildman–Crippen MR) is 74.3 cm³/mol. The number of benzene rings is 1. The summed E-state index contributed by atoms with van der Waals surface area (Å²) in [5.74, 6) is 0. The van der Waals surface area contributed by atoms with Crippen LogP contribution in [0.3, 0.4) is 0 Å². The minimum absolute atomic E-state index is 0.356. The van der Waals surface area contributed by atoms with Crippen molar-refractivity contribution < 1.29 is 0 Å². The van der Waals surface area contributed by atoms with E-state index in [1.807, 2.05) is 11.7 Å². The van der Waals surface area contributed by atoms with E-state index < -0.39 is 0 Å². The van der Waals surface area contributed by atoms with Crippen LogP contribution in [-0.2, 0) is 13.5 Å². The molecule has 94 valence electrons. The van der Waals surface area contributed by atoms with Gasteiger partial charge in [0.25, 0.3) is 0 Å². The molecule has 0 saturated carbocycles. The Morgan fingerprint density at radius 2 is 2.22 bits per heavy atom. The van der Waals surface area contributed by atoms with Crippen LogP contribution in [0.5, 0.6) is 0 Å². The second kappa shape index (κ2) is 4.58. The predicted octanol–water partition coefficient (Wildman–Crippen LogP) is 2.55. The first kappa shape index (κ1) is 11.5. The molecule has 1 aliphatic carbocycles. The van der Waals surface area contributed by atoms with Crippen molar-refractivity contribution in [2.24, 2.45) is 12.8 Å². The van der Waals surface area contributed by atoms with E-state index in [0.717, 1.165) is 25.7 Å². The van der Waals surface area contributed by atoms with Crippen LogP contribution in [0.4, 0.5) is 0 Å². The molecule has 2 aromatic rings. The zero-order valence-corrected chi connectivity index (χ0v) is 10.8. The molecule has 0 aliphatic heterocycles. The highest BCUT2D eigenvalue weighted by atomic mass is 15.3. The van der Waals surface area contributed by atoms with E-state index in [9.17, 15) is 0 Å². The number of nitrogens with two attached hydrogens (primary N) is 1. The highest BCUT2D eigenvalue weighted by Crippen LogP contribution is 2.24. The van der Waals surface area contributed by atoms with Gasteiger partial charge in [0.2, 0.25) is 0 Å². The van der Waals surface area contributed by atoms with Crippen LogP contribution >= 0.6 is 0 Å². The van der Waals surface area contributed by atoms with Crippen molar-refractivity contribution in [3.63, 3.8) is 0 Å². The smallest absolute Gasteiger partial charge is 0.0743 e. The molecule has 1 unspecified atom stereocenters. The zero-order valence-electron chi connectivity index (χ0n) is 10.8. The summed E-state index contributed by atoms with van der Waals surface area (Å²) in [7, 11) is 2.01. The minimum Gasteiger partial charge on any atom is -0.327 e. The monoisotopic (exact) mass is 241 g/mol. The summed E-state index contributed by atoms with van der Waals surface area (Å²) in [5, 5.41) is 5.92. The first-order valence-electron chi connectivity index (χ1n) is 6.58. The lowest BCUT2D eigenvalue weighted by Gasteiger charge is -2.17. The molecule has 0 saturated heterocycles. The number of aromatic nitrogens is 2. The van der Waals surface area contributed by atoms with Gasteiger partial charge in [0.05, 0.1) is 11.2 Å². The Labute approximate surface area is 107 Å². The summed E-state index contributed by atoms with van der Waals surface area (Å²) >= 11 is 0. The number of hydrogen-bond donors (Lipinski definition) is 1. The molecular formula is C15H19N3. The molecule has 3 nitrogen and oxygen atoms in total. The van der Waals surface area contributed by atoms with E-state index in [0.29, 0.717) is 6.04 Å². The van der Waals surface area contributed by atoms with Crippen LogP contribution in [-0.4, -0.2) is 15.8 Å². The van der Waals surface area contributed by atoms with Gasteiger partial charge in [0.1, 0.15) is 0 Å². The molecule has 0 amide bonds. The standard InChI is InChI=1S/C15H19N3/c1-18-15-5-3-2-4-13(15)14(17-18)10-11-6-8-12(16)9-7-11/h2-6,12H,7-10,16H2,1H3. The van der Waals surface area contributed by atoms with E-state index in [1.54, 1.807) is 0 Å². The molecule has 1 aromatic heterocycles. The van der Waals surface area contributed by atoms with Crippen LogP contribution in [0.15, 0.2) is 35.9 Å². The molecule has 0 fully saturated rings. The van der Waals surface area contributed by atoms with E-state index in [2.05, 4.69) is 35.4 Å². The maximum Gasteiger partial charge on any atom is 0.0743 e. The number of hydrogen-bond acceptors (Lipinski definition) is 2. The van der Waals surface area contributed by atoms with Gasteiger partial charge in [0.15, 0.2) is 0 Å². The molecule has 2 N–H and O–H groups in total. The molecule has 1 heterocycles. The molecule has 0 spiro atoms. The number of rotatable bonds is 2. The van der Waals surface area contributed by atoms with Gasteiger partial charge in [-0.2, -0.15) is 5.10 Å². The molecule has 3 rings (SSSR count). The summed E-state index contributed by atoms with van der Waals surface area (Å²) in [6.07, 6.45) is 6.51. The molecule has 1 atom stereocenters. The van der Waals surface area contributed by atoms with Gasteiger partial charge in [-0.25, -0.2) is 0 Å². The molecular weight excluding hydrogens is 222 g/mol. The van der Waals surface area contributed by atoms with Crippen molar-refractivity contribution >= 4 is 10.9 Å². The Morgan fingerprint density at radius 1 is 1.39 bits per heavy atom. The van der Waals surface area contributed by atoms with Crippen molar-refractivity contribution in [1.82, 2.24) is 9.78 Å². The molecule has 18 heavy (non-hydrogen) atoms. The average molecular weight is 241 g/mol. The topological polar surface area (TPSA) is 43.8 Å². The number of aryl methyl sites for hydroxylation is 1. The Morgan fingerprint density at radius 3 is 3.00 bits per heavy atom. The first-order chi connectivity index (χ1) is 8.74. The molecule has 0 bridgehead atoms. The lowest BCUT2D eigenvalue weighted by molar-refractivity contribution is 0.582. The van der Waals surface area contributed by atoms with Gasteiger partial charge in [-0.15, -0.1) is 0 Å². The maximum atomic E-state index is 5.92. The van der Waals surface area contributed by atoms with Crippen LogP contribution in [0.1, 0.15) is 25.0 Å². The van der Waals surface area contributed by atoms with Crippen molar-refractivity contribution in [2.75, 3.05) is 0 Å². The second-order valence-corrected chi connectivity index (χ2v) is 5.16. The van der Waals surface area contributed by atoms with Gasteiger partial charge in [-0.05, 0) is 25.3 Å². The Kier molecular flexibility index (Phi) is 2.92. The lowest BCUT2D eigenvalue weighted by atomic mass is 9.92. The molecule has 0 radical (unpaired) electrons. The van der Waals surface area contributed by atoms with Gasteiger partial charge in [-0.3, -0.25) is 4.68 Å².